The molecule has 0 unspecified atom stereocenters. The Morgan fingerprint density at radius 2 is 1.82 bits per heavy atom. The van der Waals surface area contributed by atoms with E-state index in [2.05, 4.69) is 10.4 Å². The highest BCUT2D eigenvalue weighted by Crippen LogP contribution is 2.35. The van der Waals surface area contributed by atoms with Gasteiger partial charge < -0.3 is 9.32 Å². The number of aromatic nitrogens is 2. The molecule has 8 heteroatoms. The average Bonchev–Trinajstić information content (AvgIpc) is 3.49. The zero-order valence-corrected chi connectivity index (χ0v) is 21.0. The first-order chi connectivity index (χ1) is 16.5. The van der Waals surface area contributed by atoms with E-state index in [1.54, 1.807) is 17.4 Å². The predicted octanol–water partition coefficient (Wildman–Crippen LogP) is 7.03. The Bertz CT molecular complexity index is 1310. The summed E-state index contributed by atoms with van der Waals surface area (Å²) in [5.41, 5.74) is 3.49. The number of aryl methyl sites for hydroxylation is 1. The van der Waals surface area contributed by atoms with E-state index in [0.29, 0.717) is 46.4 Å². The fourth-order valence-corrected chi connectivity index (χ4v) is 5.49. The van der Waals surface area contributed by atoms with Gasteiger partial charge in [-0.2, -0.15) is 0 Å². The lowest BCUT2D eigenvalue weighted by atomic mass is 9.97. The number of carbonyl (C=O) groups excluding carboxylic acids is 1. The minimum atomic E-state index is 0.0881. The van der Waals surface area contributed by atoms with Gasteiger partial charge in [-0.15, -0.1) is 11.3 Å². The van der Waals surface area contributed by atoms with Gasteiger partial charge in [0, 0.05) is 35.5 Å². The van der Waals surface area contributed by atoms with Crippen molar-refractivity contribution in [1.29, 1.82) is 0 Å². The Kier molecular flexibility index (Phi) is 6.73. The van der Waals surface area contributed by atoms with Gasteiger partial charge in [-0.05, 0) is 44.0 Å². The lowest BCUT2D eigenvalue weighted by Gasteiger charge is -2.31. The molecule has 4 aromatic rings. The maximum atomic E-state index is 13.0. The molecule has 2 aromatic heterocycles. The van der Waals surface area contributed by atoms with Crippen LogP contribution in [0.15, 0.2) is 58.3 Å². The summed E-state index contributed by atoms with van der Waals surface area (Å²) in [5.74, 6) is 1.69. The molecule has 0 N–H and O–H groups in total. The molecule has 1 aliphatic rings. The molecule has 0 saturated carbocycles. The van der Waals surface area contributed by atoms with Gasteiger partial charge in [0.1, 0.15) is 5.76 Å². The van der Waals surface area contributed by atoms with Crippen LogP contribution < -0.4 is 0 Å². The van der Waals surface area contributed by atoms with Crippen molar-refractivity contribution in [2.75, 3.05) is 13.1 Å². The standard InChI is InChI=1S/C26H23Cl2N3O2S/c1-16-22(29-25(33-16)17-5-3-2-4-6-17)14-24(32)31-11-9-18(10-12-31)26-30-23(15-34-26)19-7-8-20(27)21(28)13-19/h2-8,13,15,18H,9-12,14H2,1H3. The number of halogens is 2. The molecule has 5 rings (SSSR count). The summed E-state index contributed by atoms with van der Waals surface area (Å²) in [4.78, 5) is 24.3. The van der Waals surface area contributed by atoms with Crippen LogP contribution in [0.1, 0.15) is 35.2 Å². The number of rotatable bonds is 5. The maximum absolute atomic E-state index is 13.0. The molecule has 174 valence electrons. The molecule has 0 atom stereocenters. The zero-order chi connectivity index (χ0) is 23.7. The van der Waals surface area contributed by atoms with E-state index >= 15 is 0 Å². The van der Waals surface area contributed by atoms with Crippen LogP contribution in [0, 0.1) is 6.92 Å². The Morgan fingerprint density at radius 3 is 2.56 bits per heavy atom. The van der Waals surface area contributed by atoms with Gasteiger partial charge in [0.15, 0.2) is 0 Å². The molecule has 1 saturated heterocycles. The number of hydrogen-bond donors (Lipinski definition) is 0. The van der Waals surface area contributed by atoms with Crippen molar-refractivity contribution in [3.63, 3.8) is 0 Å². The van der Waals surface area contributed by atoms with Gasteiger partial charge in [-0.3, -0.25) is 4.79 Å². The molecule has 0 radical (unpaired) electrons. The van der Waals surface area contributed by atoms with Crippen LogP contribution in [0.2, 0.25) is 10.0 Å². The van der Waals surface area contributed by atoms with Gasteiger partial charge in [0.2, 0.25) is 11.8 Å². The fourth-order valence-electron chi connectivity index (χ4n) is 4.19. The van der Waals surface area contributed by atoms with E-state index in [0.717, 1.165) is 34.7 Å². The molecule has 34 heavy (non-hydrogen) atoms. The lowest BCUT2D eigenvalue weighted by molar-refractivity contribution is -0.131. The van der Waals surface area contributed by atoms with Crippen molar-refractivity contribution < 1.29 is 9.21 Å². The molecule has 3 heterocycles. The van der Waals surface area contributed by atoms with Crippen molar-refractivity contribution in [2.24, 2.45) is 0 Å². The van der Waals surface area contributed by atoms with Crippen LogP contribution in [-0.4, -0.2) is 33.9 Å². The number of nitrogens with zero attached hydrogens (tertiary/aromatic N) is 3. The van der Waals surface area contributed by atoms with Gasteiger partial charge in [-0.1, -0.05) is 47.5 Å². The molecule has 0 spiro atoms. The molecular formula is C26H23Cl2N3O2S. The number of amides is 1. The number of oxazole rings is 1. The van der Waals surface area contributed by atoms with E-state index < -0.39 is 0 Å². The number of hydrogen-bond acceptors (Lipinski definition) is 5. The van der Waals surface area contributed by atoms with Crippen molar-refractivity contribution >= 4 is 40.4 Å². The minimum Gasteiger partial charge on any atom is -0.441 e. The van der Waals surface area contributed by atoms with E-state index in [9.17, 15) is 4.79 Å². The van der Waals surface area contributed by atoms with Crippen molar-refractivity contribution in [2.45, 2.75) is 32.1 Å². The van der Waals surface area contributed by atoms with E-state index in [4.69, 9.17) is 32.6 Å². The first-order valence-electron chi connectivity index (χ1n) is 11.2. The Hall–Kier alpha value is -2.67. The second-order valence-electron chi connectivity index (χ2n) is 8.42. The molecule has 1 aliphatic heterocycles. The largest absolute Gasteiger partial charge is 0.441 e. The first-order valence-corrected chi connectivity index (χ1v) is 12.8. The number of piperidine rings is 1. The molecule has 5 nitrogen and oxygen atoms in total. The highest BCUT2D eigenvalue weighted by atomic mass is 35.5. The normalized spacial score (nSPS) is 14.5. The summed E-state index contributed by atoms with van der Waals surface area (Å²) < 4.78 is 5.81. The molecule has 1 amide bonds. The number of thiazole rings is 1. The smallest absolute Gasteiger partial charge is 0.228 e. The van der Waals surface area contributed by atoms with Crippen LogP contribution >= 0.6 is 34.5 Å². The summed E-state index contributed by atoms with van der Waals surface area (Å²) in [7, 11) is 0. The number of benzene rings is 2. The third kappa shape index (κ3) is 4.90. The lowest BCUT2D eigenvalue weighted by Crippen LogP contribution is -2.38. The monoisotopic (exact) mass is 511 g/mol. The topological polar surface area (TPSA) is 59.2 Å². The highest BCUT2D eigenvalue weighted by molar-refractivity contribution is 7.10. The molecule has 1 fully saturated rings. The van der Waals surface area contributed by atoms with Crippen molar-refractivity contribution in [3.8, 4) is 22.7 Å². The average molecular weight is 512 g/mol. The van der Waals surface area contributed by atoms with Crippen LogP contribution in [0.4, 0.5) is 0 Å². The summed E-state index contributed by atoms with van der Waals surface area (Å²) in [5, 5.41) is 4.23. The maximum Gasteiger partial charge on any atom is 0.228 e. The van der Waals surface area contributed by atoms with Gasteiger partial charge >= 0.3 is 0 Å². The first kappa shape index (κ1) is 23.1. The van der Waals surface area contributed by atoms with Crippen LogP contribution in [0.5, 0.6) is 0 Å². The molecular weight excluding hydrogens is 489 g/mol. The second kappa shape index (κ2) is 9.90. The Balaban J connectivity index is 1.20. The third-order valence-corrected chi connectivity index (χ3v) is 7.91. The van der Waals surface area contributed by atoms with E-state index in [1.807, 2.05) is 54.3 Å². The van der Waals surface area contributed by atoms with E-state index in [-0.39, 0.29) is 12.3 Å². The van der Waals surface area contributed by atoms with E-state index in [1.165, 1.54) is 0 Å². The second-order valence-corrected chi connectivity index (χ2v) is 10.1. The number of likely N-dealkylation sites (tertiary alicyclic amines) is 1. The van der Waals surface area contributed by atoms with Gasteiger partial charge in [0.05, 0.1) is 32.9 Å². The minimum absolute atomic E-state index is 0.0881. The zero-order valence-electron chi connectivity index (χ0n) is 18.6. The van der Waals surface area contributed by atoms with Gasteiger partial charge in [-0.25, -0.2) is 9.97 Å². The summed E-state index contributed by atoms with van der Waals surface area (Å²) in [6.45, 7) is 3.30. The Labute approximate surface area is 212 Å². The molecule has 2 aromatic carbocycles. The van der Waals surface area contributed by atoms with Crippen molar-refractivity contribution in [1.82, 2.24) is 14.9 Å². The van der Waals surface area contributed by atoms with Crippen LogP contribution in [-0.2, 0) is 11.2 Å². The highest BCUT2D eigenvalue weighted by Gasteiger charge is 2.27. The summed E-state index contributed by atoms with van der Waals surface area (Å²) in [6, 6.07) is 15.3. The molecule has 0 aliphatic carbocycles. The predicted molar refractivity (Wildman–Crippen MR) is 137 cm³/mol. The van der Waals surface area contributed by atoms with Crippen LogP contribution in [0.25, 0.3) is 22.7 Å². The van der Waals surface area contributed by atoms with Gasteiger partial charge in [0.25, 0.3) is 0 Å². The summed E-state index contributed by atoms with van der Waals surface area (Å²) >= 11 is 13.9. The van der Waals surface area contributed by atoms with Crippen LogP contribution in [0.3, 0.4) is 0 Å². The van der Waals surface area contributed by atoms with Crippen molar-refractivity contribution in [3.05, 3.63) is 80.4 Å². The quantitative estimate of drug-likeness (QED) is 0.288. The molecule has 0 bridgehead atoms. The fraction of sp³-hybridized carbons (Fsp3) is 0.269. The number of carbonyl (C=O) groups is 1. The third-order valence-electron chi connectivity index (χ3n) is 6.17. The Morgan fingerprint density at radius 1 is 1.06 bits per heavy atom. The SMILES string of the molecule is Cc1oc(-c2ccccc2)nc1CC(=O)N1CCC(c2nc(-c3ccc(Cl)c(Cl)c3)cs2)CC1. The summed E-state index contributed by atoms with van der Waals surface area (Å²) in [6.07, 6.45) is 2.05.